The van der Waals surface area contributed by atoms with E-state index in [1.165, 1.54) is 11.3 Å². The molecule has 6 heteroatoms. The molecule has 0 atom stereocenters. The summed E-state index contributed by atoms with van der Waals surface area (Å²) in [5.41, 5.74) is 2.56. The van der Waals surface area contributed by atoms with E-state index in [0.29, 0.717) is 23.2 Å². The van der Waals surface area contributed by atoms with Crippen molar-refractivity contribution >= 4 is 34.0 Å². The van der Waals surface area contributed by atoms with Crippen LogP contribution in [0.5, 0.6) is 0 Å². The van der Waals surface area contributed by atoms with Crippen LogP contribution >= 0.6 is 11.3 Å². The molecule has 0 aliphatic carbocycles. The van der Waals surface area contributed by atoms with Crippen molar-refractivity contribution < 1.29 is 9.59 Å². The Labute approximate surface area is 168 Å². The Kier molecular flexibility index (Phi) is 6.55. The highest BCUT2D eigenvalue weighted by molar-refractivity contribution is 7.15. The number of benzene rings is 2. The smallest absolute Gasteiger partial charge is 0.230 e. The highest BCUT2D eigenvalue weighted by atomic mass is 32.1. The average Bonchev–Trinajstić information content (AvgIpc) is 3.13. The first-order valence-electron chi connectivity index (χ1n) is 9.18. The van der Waals surface area contributed by atoms with Gasteiger partial charge in [0.1, 0.15) is 0 Å². The Morgan fingerprint density at radius 1 is 0.893 bits per heavy atom. The van der Waals surface area contributed by atoms with Crippen LogP contribution in [0.4, 0.5) is 10.8 Å². The van der Waals surface area contributed by atoms with Gasteiger partial charge in [0, 0.05) is 16.8 Å². The second-order valence-electron chi connectivity index (χ2n) is 6.85. The summed E-state index contributed by atoms with van der Waals surface area (Å²) in [6, 6.07) is 16.9. The SMILES string of the molecule is CC(C)c1cnc(NC(=O)Cc2ccc(NC(=O)Cc3ccccc3)cc2)s1. The Hall–Kier alpha value is -2.99. The average molecular weight is 394 g/mol. The van der Waals surface area contributed by atoms with Crippen molar-refractivity contribution in [2.24, 2.45) is 0 Å². The van der Waals surface area contributed by atoms with Gasteiger partial charge in [-0.1, -0.05) is 56.3 Å². The van der Waals surface area contributed by atoms with Crippen LogP contribution in [0.25, 0.3) is 0 Å². The molecular weight excluding hydrogens is 370 g/mol. The van der Waals surface area contributed by atoms with E-state index in [4.69, 9.17) is 0 Å². The topological polar surface area (TPSA) is 71.1 Å². The molecule has 3 rings (SSSR count). The van der Waals surface area contributed by atoms with Gasteiger partial charge in [-0.3, -0.25) is 9.59 Å². The molecule has 0 fully saturated rings. The third-order valence-corrected chi connectivity index (χ3v) is 5.36. The number of carbonyl (C=O) groups excluding carboxylic acids is 2. The minimum atomic E-state index is -0.106. The van der Waals surface area contributed by atoms with Gasteiger partial charge < -0.3 is 10.6 Å². The molecule has 0 aliphatic heterocycles. The van der Waals surface area contributed by atoms with Gasteiger partial charge in [-0.15, -0.1) is 11.3 Å². The van der Waals surface area contributed by atoms with E-state index in [1.54, 1.807) is 6.20 Å². The predicted molar refractivity (Wildman–Crippen MR) is 114 cm³/mol. The lowest BCUT2D eigenvalue weighted by atomic mass is 10.1. The maximum atomic E-state index is 12.2. The second-order valence-corrected chi connectivity index (χ2v) is 7.92. The van der Waals surface area contributed by atoms with Crippen LogP contribution in [-0.4, -0.2) is 16.8 Å². The molecule has 0 saturated heterocycles. The fraction of sp³-hybridized carbons (Fsp3) is 0.227. The number of amides is 2. The zero-order chi connectivity index (χ0) is 19.9. The number of hydrogen-bond donors (Lipinski definition) is 2. The highest BCUT2D eigenvalue weighted by Gasteiger charge is 2.10. The first-order valence-corrected chi connectivity index (χ1v) is 9.99. The lowest BCUT2D eigenvalue weighted by molar-refractivity contribution is -0.116. The van der Waals surface area contributed by atoms with Crippen molar-refractivity contribution in [3.63, 3.8) is 0 Å². The number of nitrogens with one attached hydrogen (secondary N) is 2. The Morgan fingerprint density at radius 2 is 1.50 bits per heavy atom. The molecule has 28 heavy (non-hydrogen) atoms. The maximum Gasteiger partial charge on any atom is 0.230 e. The maximum absolute atomic E-state index is 12.2. The molecule has 2 aromatic carbocycles. The summed E-state index contributed by atoms with van der Waals surface area (Å²) < 4.78 is 0. The molecule has 144 valence electrons. The van der Waals surface area contributed by atoms with Crippen molar-refractivity contribution in [2.45, 2.75) is 32.6 Å². The van der Waals surface area contributed by atoms with Crippen LogP contribution in [-0.2, 0) is 22.4 Å². The van der Waals surface area contributed by atoms with Crippen LogP contribution in [0.2, 0.25) is 0 Å². The van der Waals surface area contributed by atoms with Gasteiger partial charge in [0.15, 0.2) is 5.13 Å². The summed E-state index contributed by atoms with van der Waals surface area (Å²) >= 11 is 1.50. The normalized spacial score (nSPS) is 10.7. The van der Waals surface area contributed by atoms with Gasteiger partial charge in [0.05, 0.1) is 12.8 Å². The number of carbonyl (C=O) groups is 2. The molecule has 1 heterocycles. The zero-order valence-corrected chi connectivity index (χ0v) is 16.8. The quantitative estimate of drug-likeness (QED) is 0.615. The van der Waals surface area contributed by atoms with E-state index < -0.39 is 0 Å². The molecule has 2 amide bonds. The molecule has 0 radical (unpaired) electrons. The van der Waals surface area contributed by atoms with Gasteiger partial charge in [-0.05, 0) is 29.2 Å². The van der Waals surface area contributed by atoms with Gasteiger partial charge in [-0.25, -0.2) is 4.98 Å². The Morgan fingerprint density at radius 3 is 2.11 bits per heavy atom. The minimum absolute atomic E-state index is 0.0681. The third kappa shape index (κ3) is 5.76. The zero-order valence-electron chi connectivity index (χ0n) is 15.9. The second kappa shape index (κ2) is 9.28. The molecule has 0 unspecified atom stereocenters. The summed E-state index contributed by atoms with van der Waals surface area (Å²) in [6.07, 6.45) is 2.39. The van der Waals surface area contributed by atoms with Crippen LogP contribution in [0.3, 0.4) is 0 Å². The third-order valence-electron chi connectivity index (χ3n) is 4.15. The molecule has 0 saturated carbocycles. The van der Waals surface area contributed by atoms with Crippen molar-refractivity contribution in [3.05, 3.63) is 76.8 Å². The largest absolute Gasteiger partial charge is 0.326 e. The Balaban J connectivity index is 1.50. The lowest BCUT2D eigenvalue weighted by Gasteiger charge is -2.07. The van der Waals surface area contributed by atoms with Crippen molar-refractivity contribution in [3.8, 4) is 0 Å². The summed E-state index contributed by atoms with van der Waals surface area (Å²) in [5, 5.41) is 6.34. The van der Waals surface area contributed by atoms with E-state index in [1.807, 2.05) is 54.6 Å². The molecule has 0 spiro atoms. The van der Waals surface area contributed by atoms with Crippen molar-refractivity contribution in [1.82, 2.24) is 4.98 Å². The number of aromatic nitrogens is 1. The minimum Gasteiger partial charge on any atom is -0.326 e. The van der Waals surface area contributed by atoms with Gasteiger partial charge in [0.2, 0.25) is 11.8 Å². The summed E-state index contributed by atoms with van der Waals surface area (Å²) in [6.45, 7) is 4.19. The summed E-state index contributed by atoms with van der Waals surface area (Å²) in [7, 11) is 0. The Bertz CT molecular complexity index is 934. The number of hydrogen-bond acceptors (Lipinski definition) is 4. The number of thiazole rings is 1. The highest BCUT2D eigenvalue weighted by Crippen LogP contribution is 2.25. The van der Waals surface area contributed by atoms with Gasteiger partial charge >= 0.3 is 0 Å². The first-order chi connectivity index (χ1) is 13.5. The number of anilines is 2. The van der Waals surface area contributed by atoms with Gasteiger partial charge in [-0.2, -0.15) is 0 Å². The van der Waals surface area contributed by atoms with E-state index in [9.17, 15) is 9.59 Å². The standard InChI is InChI=1S/C22H23N3O2S/c1-15(2)19-14-23-22(28-19)25-21(27)13-17-8-10-18(11-9-17)24-20(26)12-16-6-4-3-5-7-16/h3-11,14-15H,12-13H2,1-2H3,(H,24,26)(H,23,25,27). The molecule has 0 bridgehead atoms. The molecule has 2 N–H and O–H groups in total. The molecule has 3 aromatic rings. The van der Waals surface area contributed by atoms with E-state index in [2.05, 4.69) is 29.5 Å². The molecule has 1 aromatic heterocycles. The monoisotopic (exact) mass is 393 g/mol. The van der Waals surface area contributed by atoms with Crippen molar-refractivity contribution in [2.75, 3.05) is 10.6 Å². The van der Waals surface area contributed by atoms with Crippen LogP contribution in [0.1, 0.15) is 35.8 Å². The van der Waals surface area contributed by atoms with Crippen molar-refractivity contribution in [1.29, 1.82) is 0 Å². The molecular formula is C22H23N3O2S. The fourth-order valence-corrected chi connectivity index (χ4v) is 3.49. The predicted octanol–water partition coefficient (Wildman–Crippen LogP) is 4.63. The van der Waals surface area contributed by atoms with Crippen LogP contribution in [0, 0.1) is 0 Å². The number of rotatable bonds is 7. The van der Waals surface area contributed by atoms with Crippen LogP contribution in [0.15, 0.2) is 60.8 Å². The summed E-state index contributed by atoms with van der Waals surface area (Å²) in [4.78, 5) is 29.7. The van der Waals surface area contributed by atoms with E-state index >= 15 is 0 Å². The van der Waals surface area contributed by atoms with E-state index in [0.717, 1.165) is 16.0 Å². The first kappa shape index (κ1) is 19.8. The van der Waals surface area contributed by atoms with Crippen LogP contribution < -0.4 is 10.6 Å². The molecule has 0 aliphatic rings. The van der Waals surface area contributed by atoms with Gasteiger partial charge in [0.25, 0.3) is 0 Å². The fourth-order valence-electron chi connectivity index (χ4n) is 2.65. The number of nitrogens with zero attached hydrogens (tertiary/aromatic N) is 1. The molecule has 5 nitrogen and oxygen atoms in total. The lowest BCUT2D eigenvalue weighted by Crippen LogP contribution is -2.15. The summed E-state index contributed by atoms with van der Waals surface area (Å²) in [5.74, 6) is 0.222. The van der Waals surface area contributed by atoms with E-state index in [-0.39, 0.29) is 18.2 Å².